The van der Waals surface area contributed by atoms with Gasteiger partial charge < -0.3 is 5.11 Å². The number of rotatable bonds is 1. The summed E-state index contributed by atoms with van der Waals surface area (Å²) in [4.78, 5) is 10.6. The van der Waals surface area contributed by atoms with Gasteiger partial charge in [-0.15, -0.1) is 0 Å². The zero-order valence-electron chi connectivity index (χ0n) is 6.16. The van der Waals surface area contributed by atoms with Gasteiger partial charge in [-0.25, -0.2) is 0 Å². The molecule has 3 nitrogen and oxygen atoms in total. The Morgan fingerprint density at radius 3 is 2.55 bits per heavy atom. The quantitative estimate of drug-likeness (QED) is 0.535. The molecule has 3 heteroatoms. The van der Waals surface area contributed by atoms with E-state index in [1.165, 1.54) is 0 Å². The number of hydrogen-bond acceptors (Lipinski definition) is 2. The molecule has 2 bridgehead atoms. The Hall–Kier alpha value is -0.830. The van der Waals surface area contributed by atoms with Gasteiger partial charge >= 0.3 is 5.97 Å². The van der Waals surface area contributed by atoms with Crippen LogP contribution < -0.4 is 5.32 Å². The first kappa shape index (κ1) is 6.85. The molecule has 11 heavy (non-hydrogen) atoms. The van der Waals surface area contributed by atoms with Gasteiger partial charge in [0.15, 0.2) is 0 Å². The summed E-state index contributed by atoms with van der Waals surface area (Å²) in [5.41, 5.74) is 0. The van der Waals surface area contributed by atoms with E-state index in [0.717, 1.165) is 12.8 Å². The highest BCUT2D eigenvalue weighted by Crippen LogP contribution is 2.27. The number of fused-ring (bicyclic) bond motifs is 2. The summed E-state index contributed by atoms with van der Waals surface area (Å²) in [6.45, 7) is 0. The topological polar surface area (TPSA) is 49.3 Å². The highest BCUT2D eigenvalue weighted by molar-refractivity contribution is 5.74. The van der Waals surface area contributed by atoms with Gasteiger partial charge in [-0.05, 0) is 12.8 Å². The molecule has 1 aliphatic carbocycles. The lowest BCUT2D eigenvalue weighted by Gasteiger charge is -2.36. The third kappa shape index (κ3) is 1.05. The van der Waals surface area contributed by atoms with Crippen molar-refractivity contribution < 1.29 is 9.90 Å². The van der Waals surface area contributed by atoms with Gasteiger partial charge in [0, 0.05) is 12.0 Å². The van der Waals surface area contributed by atoms with Gasteiger partial charge in [0.2, 0.25) is 0 Å². The van der Waals surface area contributed by atoms with Crippen molar-refractivity contribution in [1.82, 2.24) is 5.32 Å². The molecule has 0 spiro atoms. The van der Waals surface area contributed by atoms with E-state index in [-0.39, 0.29) is 12.0 Å². The monoisotopic (exact) mass is 153 g/mol. The van der Waals surface area contributed by atoms with Gasteiger partial charge in [0.1, 0.15) is 6.04 Å². The van der Waals surface area contributed by atoms with Crippen LogP contribution in [0.3, 0.4) is 0 Å². The van der Waals surface area contributed by atoms with Crippen molar-refractivity contribution in [3.63, 3.8) is 0 Å². The smallest absolute Gasteiger partial charge is 0.321 e. The predicted molar refractivity (Wildman–Crippen MR) is 40.2 cm³/mol. The fourth-order valence-electron chi connectivity index (χ4n) is 1.87. The lowest BCUT2D eigenvalue weighted by atomic mass is 9.82. The Morgan fingerprint density at radius 2 is 2.27 bits per heavy atom. The van der Waals surface area contributed by atoms with Gasteiger partial charge in [-0.1, -0.05) is 12.2 Å². The molecule has 3 aliphatic rings. The van der Waals surface area contributed by atoms with E-state index in [9.17, 15) is 4.79 Å². The summed E-state index contributed by atoms with van der Waals surface area (Å²) in [6.07, 6.45) is 6.22. The van der Waals surface area contributed by atoms with E-state index in [0.29, 0.717) is 6.04 Å². The zero-order valence-corrected chi connectivity index (χ0v) is 6.16. The molecule has 1 saturated heterocycles. The molecule has 1 fully saturated rings. The number of piperidine rings is 1. The van der Waals surface area contributed by atoms with Crippen LogP contribution in [0.4, 0.5) is 0 Å². The number of carboxylic acids is 1. The van der Waals surface area contributed by atoms with Crippen LogP contribution in [0.15, 0.2) is 12.2 Å². The summed E-state index contributed by atoms with van der Waals surface area (Å²) >= 11 is 0. The Labute approximate surface area is 65.1 Å². The van der Waals surface area contributed by atoms with Gasteiger partial charge in [-0.2, -0.15) is 0 Å². The SMILES string of the molecule is O=C(O)[C@H]1N[C@H]2C=C[C@H]1CC2. The van der Waals surface area contributed by atoms with Crippen LogP contribution in [0, 0.1) is 5.92 Å². The molecule has 2 heterocycles. The molecule has 0 aromatic carbocycles. The van der Waals surface area contributed by atoms with Crippen molar-refractivity contribution in [2.75, 3.05) is 0 Å². The van der Waals surface area contributed by atoms with Gasteiger partial charge in [0.05, 0.1) is 0 Å². The number of hydrogen-bond donors (Lipinski definition) is 2. The summed E-state index contributed by atoms with van der Waals surface area (Å²) in [5.74, 6) is -0.499. The van der Waals surface area contributed by atoms with Crippen LogP contribution in [0.5, 0.6) is 0 Å². The third-order valence-electron chi connectivity index (χ3n) is 2.49. The summed E-state index contributed by atoms with van der Waals surface area (Å²) in [7, 11) is 0. The fraction of sp³-hybridized carbons (Fsp3) is 0.625. The normalized spacial score (nSPS) is 40.9. The first-order chi connectivity index (χ1) is 5.27. The first-order valence-electron chi connectivity index (χ1n) is 3.94. The minimum absolute atomic E-state index is 0.220. The van der Waals surface area contributed by atoms with Crippen LogP contribution in [-0.2, 0) is 4.79 Å². The van der Waals surface area contributed by atoms with Crippen molar-refractivity contribution in [1.29, 1.82) is 0 Å². The highest BCUT2D eigenvalue weighted by atomic mass is 16.4. The molecule has 0 unspecified atom stereocenters. The Kier molecular flexibility index (Phi) is 1.46. The second kappa shape index (κ2) is 2.34. The van der Waals surface area contributed by atoms with Crippen molar-refractivity contribution in [2.45, 2.75) is 24.9 Å². The van der Waals surface area contributed by atoms with E-state index in [4.69, 9.17) is 5.11 Å². The number of carboxylic acid groups (broad SMARTS) is 1. The molecule has 2 N–H and O–H groups in total. The second-order valence-electron chi connectivity index (χ2n) is 3.22. The number of aliphatic carboxylic acids is 1. The summed E-state index contributed by atoms with van der Waals surface area (Å²) in [6, 6.07) is -0.0279. The standard InChI is InChI=1S/C8H11NO2/c10-8(11)7-5-1-3-6(9-7)4-2-5/h1,3,5-7,9H,2,4H2,(H,10,11)/t5-,6-,7-/m0/s1. The predicted octanol–water partition coefficient (Wildman–Crippen LogP) is 0.378. The zero-order chi connectivity index (χ0) is 7.84. The van der Waals surface area contributed by atoms with E-state index < -0.39 is 5.97 Å². The third-order valence-corrected chi connectivity index (χ3v) is 2.49. The Bertz CT molecular complexity index is 212. The molecule has 0 aromatic rings. The maximum absolute atomic E-state index is 10.6. The molecule has 0 radical (unpaired) electrons. The largest absolute Gasteiger partial charge is 0.480 e. The second-order valence-corrected chi connectivity index (χ2v) is 3.22. The molecular formula is C8H11NO2. The average molecular weight is 153 g/mol. The summed E-state index contributed by atoms with van der Waals surface area (Å²) in [5, 5.41) is 11.8. The number of carbonyl (C=O) groups is 1. The van der Waals surface area contributed by atoms with Crippen molar-refractivity contribution in [3.8, 4) is 0 Å². The van der Waals surface area contributed by atoms with Gasteiger partial charge in [-0.3, -0.25) is 10.1 Å². The number of nitrogens with one attached hydrogen (secondary N) is 1. The van der Waals surface area contributed by atoms with Crippen molar-refractivity contribution in [2.24, 2.45) is 5.92 Å². The molecule has 60 valence electrons. The fourth-order valence-corrected chi connectivity index (χ4v) is 1.87. The lowest BCUT2D eigenvalue weighted by molar-refractivity contribution is -0.141. The van der Waals surface area contributed by atoms with Crippen molar-refractivity contribution >= 4 is 5.97 Å². The van der Waals surface area contributed by atoms with Crippen LogP contribution in [0.2, 0.25) is 0 Å². The molecular weight excluding hydrogens is 142 g/mol. The van der Waals surface area contributed by atoms with E-state index in [1.54, 1.807) is 0 Å². The molecule has 3 atom stereocenters. The Morgan fingerprint density at radius 1 is 1.45 bits per heavy atom. The highest BCUT2D eigenvalue weighted by Gasteiger charge is 2.35. The van der Waals surface area contributed by atoms with E-state index >= 15 is 0 Å². The lowest BCUT2D eigenvalue weighted by Crippen LogP contribution is -2.53. The van der Waals surface area contributed by atoms with Gasteiger partial charge in [0.25, 0.3) is 0 Å². The molecule has 0 amide bonds. The van der Waals surface area contributed by atoms with Crippen LogP contribution in [-0.4, -0.2) is 23.2 Å². The molecule has 2 aliphatic heterocycles. The Balaban J connectivity index is 2.17. The van der Waals surface area contributed by atoms with Crippen LogP contribution >= 0.6 is 0 Å². The van der Waals surface area contributed by atoms with E-state index in [2.05, 4.69) is 11.4 Å². The maximum atomic E-state index is 10.6. The van der Waals surface area contributed by atoms with Crippen LogP contribution in [0.1, 0.15) is 12.8 Å². The van der Waals surface area contributed by atoms with Crippen molar-refractivity contribution in [3.05, 3.63) is 12.2 Å². The molecule has 3 rings (SSSR count). The summed E-state index contributed by atoms with van der Waals surface area (Å²) < 4.78 is 0. The van der Waals surface area contributed by atoms with Crippen LogP contribution in [0.25, 0.3) is 0 Å². The molecule has 0 aromatic heterocycles. The first-order valence-corrected chi connectivity index (χ1v) is 3.94. The van der Waals surface area contributed by atoms with E-state index in [1.807, 2.05) is 6.08 Å². The molecule has 0 saturated carbocycles. The minimum Gasteiger partial charge on any atom is -0.480 e. The minimum atomic E-state index is -0.718. The maximum Gasteiger partial charge on any atom is 0.321 e. The average Bonchev–Trinajstić information content (AvgIpc) is 2.06.